The van der Waals surface area contributed by atoms with Crippen molar-refractivity contribution < 1.29 is 8.78 Å². The lowest BCUT2D eigenvalue weighted by Gasteiger charge is -2.17. The van der Waals surface area contributed by atoms with Crippen molar-refractivity contribution in [2.75, 3.05) is 5.88 Å². The molecular weight excluding hydrogens is 418 g/mol. The van der Waals surface area contributed by atoms with Crippen LogP contribution in [-0.2, 0) is 0 Å². The molecule has 0 heterocycles. The molecule has 3 aromatic carbocycles. The molecule has 0 unspecified atom stereocenters. The first-order valence-electron chi connectivity index (χ1n) is 8.15. The maximum Gasteiger partial charge on any atom is 0.123 e. The summed E-state index contributed by atoms with van der Waals surface area (Å²) in [5.41, 5.74) is 4.71. The van der Waals surface area contributed by atoms with Crippen LogP contribution in [0.4, 0.5) is 8.78 Å². The Morgan fingerprint density at radius 2 is 1.12 bits per heavy atom. The molecule has 0 fully saturated rings. The third-order valence-corrected chi connectivity index (χ3v) is 4.82. The van der Waals surface area contributed by atoms with Gasteiger partial charge in [0, 0.05) is 10.4 Å². The summed E-state index contributed by atoms with van der Waals surface area (Å²) in [6, 6.07) is 20.6. The van der Waals surface area contributed by atoms with Crippen LogP contribution in [0.1, 0.15) is 23.1 Å². The Labute approximate surface area is 165 Å². The van der Waals surface area contributed by atoms with Gasteiger partial charge in [-0.05, 0) is 70.7 Å². The topological polar surface area (TPSA) is 0 Å². The molecule has 0 aromatic heterocycles. The predicted molar refractivity (Wildman–Crippen MR) is 108 cm³/mol. The van der Waals surface area contributed by atoms with E-state index >= 15 is 0 Å². The van der Waals surface area contributed by atoms with Crippen LogP contribution in [0.2, 0.25) is 0 Å². The summed E-state index contributed by atoms with van der Waals surface area (Å²) in [7, 11) is 0. The number of benzene rings is 3. The highest BCUT2D eigenvalue weighted by molar-refractivity contribution is 9.10. The summed E-state index contributed by atoms with van der Waals surface area (Å²) in [6.07, 6.45) is 0.632. The van der Waals surface area contributed by atoms with Gasteiger partial charge >= 0.3 is 0 Å². The Morgan fingerprint density at radius 3 is 1.54 bits per heavy atom. The molecule has 0 N–H and O–H groups in total. The summed E-state index contributed by atoms with van der Waals surface area (Å²) in [6.45, 7) is 0. The lowest BCUT2D eigenvalue weighted by molar-refractivity contribution is 0.627. The molecule has 0 saturated heterocycles. The Bertz CT molecular complexity index is 851. The molecular formula is C22H16BrClF2. The number of hydrogen-bond donors (Lipinski definition) is 0. The molecule has 132 valence electrons. The lowest BCUT2D eigenvalue weighted by atomic mass is 9.88. The Kier molecular flexibility index (Phi) is 6.23. The minimum atomic E-state index is -0.297. The van der Waals surface area contributed by atoms with Crippen molar-refractivity contribution >= 4 is 38.7 Å². The minimum Gasteiger partial charge on any atom is -0.207 e. The minimum absolute atomic E-state index is 0.297. The van der Waals surface area contributed by atoms with Gasteiger partial charge in [0.1, 0.15) is 11.6 Å². The van der Waals surface area contributed by atoms with Crippen LogP contribution >= 0.6 is 27.5 Å². The van der Waals surface area contributed by atoms with E-state index in [0.29, 0.717) is 12.3 Å². The van der Waals surface area contributed by atoms with Crippen LogP contribution in [0, 0.1) is 11.6 Å². The molecule has 26 heavy (non-hydrogen) atoms. The Balaban J connectivity index is 2.26. The molecule has 4 heteroatoms. The zero-order chi connectivity index (χ0) is 18.5. The standard InChI is InChI=1S/C22H16BrClF2/c23-18-7-1-15(2-8-18)21(13-14-24)22(16-3-9-19(25)10-4-16)17-5-11-20(26)12-6-17/h1-12H,13-14H2. The molecule has 0 atom stereocenters. The van der Waals surface area contributed by atoms with Crippen LogP contribution in [-0.4, -0.2) is 5.88 Å². The third-order valence-electron chi connectivity index (χ3n) is 4.10. The molecule has 3 aromatic rings. The predicted octanol–water partition coefficient (Wildman–Crippen LogP) is 7.32. The van der Waals surface area contributed by atoms with Gasteiger partial charge in [-0.25, -0.2) is 8.78 Å². The third kappa shape index (κ3) is 4.40. The fraction of sp³-hybridized carbons (Fsp3) is 0.0909. The van der Waals surface area contributed by atoms with E-state index < -0.39 is 0 Å². The van der Waals surface area contributed by atoms with Gasteiger partial charge in [-0.3, -0.25) is 0 Å². The SMILES string of the molecule is Fc1ccc(C(=C(CCCl)c2ccc(Br)cc2)c2ccc(F)cc2)cc1. The number of halogens is 4. The fourth-order valence-electron chi connectivity index (χ4n) is 2.91. The molecule has 0 bridgehead atoms. The highest BCUT2D eigenvalue weighted by atomic mass is 79.9. The summed E-state index contributed by atoms with van der Waals surface area (Å²) < 4.78 is 27.8. The summed E-state index contributed by atoms with van der Waals surface area (Å²) in [4.78, 5) is 0. The zero-order valence-electron chi connectivity index (χ0n) is 13.9. The van der Waals surface area contributed by atoms with Gasteiger partial charge in [-0.15, -0.1) is 11.6 Å². The van der Waals surface area contributed by atoms with Gasteiger partial charge in [0.25, 0.3) is 0 Å². The van der Waals surface area contributed by atoms with Crippen molar-refractivity contribution in [3.63, 3.8) is 0 Å². The maximum atomic E-state index is 13.4. The van der Waals surface area contributed by atoms with E-state index in [1.54, 1.807) is 24.3 Å². The van der Waals surface area contributed by atoms with E-state index in [4.69, 9.17) is 11.6 Å². The van der Waals surface area contributed by atoms with Crippen molar-refractivity contribution in [1.29, 1.82) is 0 Å². The average Bonchev–Trinajstić information content (AvgIpc) is 2.65. The van der Waals surface area contributed by atoms with Crippen molar-refractivity contribution in [3.8, 4) is 0 Å². The van der Waals surface area contributed by atoms with E-state index in [1.807, 2.05) is 24.3 Å². The lowest BCUT2D eigenvalue weighted by Crippen LogP contribution is -1.97. The molecule has 0 aliphatic carbocycles. The molecule has 0 saturated carbocycles. The highest BCUT2D eigenvalue weighted by Crippen LogP contribution is 2.35. The summed E-state index contributed by atoms with van der Waals surface area (Å²) in [5, 5.41) is 0. The Hall–Kier alpha value is -1.97. The van der Waals surface area contributed by atoms with E-state index in [9.17, 15) is 8.78 Å². The van der Waals surface area contributed by atoms with Crippen LogP contribution in [0.15, 0.2) is 77.3 Å². The van der Waals surface area contributed by atoms with Gasteiger partial charge in [0.2, 0.25) is 0 Å². The number of hydrogen-bond acceptors (Lipinski definition) is 0. The first kappa shape index (κ1) is 18.8. The summed E-state index contributed by atoms with van der Waals surface area (Å²) >= 11 is 9.53. The monoisotopic (exact) mass is 432 g/mol. The largest absolute Gasteiger partial charge is 0.207 e. The van der Waals surface area contributed by atoms with Gasteiger partial charge in [0.15, 0.2) is 0 Å². The number of alkyl halides is 1. The Morgan fingerprint density at radius 1 is 0.692 bits per heavy atom. The van der Waals surface area contributed by atoms with Crippen molar-refractivity contribution in [2.45, 2.75) is 6.42 Å². The van der Waals surface area contributed by atoms with Crippen molar-refractivity contribution in [2.24, 2.45) is 0 Å². The normalized spacial score (nSPS) is 10.6. The van der Waals surface area contributed by atoms with Crippen molar-refractivity contribution in [1.82, 2.24) is 0 Å². The van der Waals surface area contributed by atoms with Crippen molar-refractivity contribution in [3.05, 3.63) is 106 Å². The molecule has 0 amide bonds. The molecule has 0 spiro atoms. The van der Waals surface area contributed by atoms with E-state index in [0.717, 1.165) is 32.3 Å². The van der Waals surface area contributed by atoms with Gasteiger partial charge in [0.05, 0.1) is 0 Å². The maximum absolute atomic E-state index is 13.4. The fourth-order valence-corrected chi connectivity index (χ4v) is 3.36. The van der Waals surface area contributed by atoms with Crippen LogP contribution < -0.4 is 0 Å². The second-order valence-corrected chi connectivity index (χ2v) is 7.11. The van der Waals surface area contributed by atoms with Crippen LogP contribution in [0.3, 0.4) is 0 Å². The average molecular weight is 434 g/mol. The van der Waals surface area contributed by atoms with E-state index in [-0.39, 0.29) is 11.6 Å². The van der Waals surface area contributed by atoms with Gasteiger partial charge in [-0.1, -0.05) is 52.3 Å². The first-order chi connectivity index (χ1) is 12.6. The second-order valence-electron chi connectivity index (χ2n) is 5.81. The smallest absolute Gasteiger partial charge is 0.123 e. The number of allylic oxidation sites excluding steroid dienone is 1. The molecule has 0 aliphatic heterocycles. The van der Waals surface area contributed by atoms with Gasteiger partial charge in [-0.2, -0.15) is 0 Å². The quantitative estimate of drug-likeness (QED) is 0.292. The van der Waals surface area contributed by atoms with E-state index in [2.05, 4.69) is 15.9 Å². The number of rotatable bonds is 5. The summed E-state index contributed by atoms with van der Waals surface area (Å²) in [5.74, 6) is -0.151. The van der Waals surface area contributed by atoms with Crippen LogP contribution in [0.5, 0.6) is 0 Å². The highest BCUT2D eigenvalue weighted by Gasteiger charge is 2.14. The molecule has 0 radical (unpaired) electrons. The van der Waals surface area contributed by atoms with Crippen LogP contribution in [0.25, 0.3) is 11.1 Å². The molecule has 0 nitrogen and oxygen atoms in total. The first-order valence-corrected chi connectivity index (χ1v) is 9.48. The van der Waals surface area contributed by atoms with Gasteiger partial charge < -0.3 is 0 Å². The molecule has 3 rings (SSSR count). The zero-order valence-corrected chi connectivity index (χ0v) is 16.2. The second kappa shape index (κ2) is 8.61. The van der Waals surface area contributed by atoms with E-state index in [1.165, 1.54) is 24.3 Å². The molecule has 0 aliphatic rings.